The number of carbonyl (C=O) groups excluding carboxylic acids is 1. The molecule has 2 aromatic carbocycles. The first-order valence-corrected chi connectivity index (χ1v) is 8.10. The summed E-state index contributed by atoms with van der Waals surface area (Å²) < 4.78 is 51.8. The molecule has 28 heavy (non-hydrogen) atoms. The molecule has 0 aliphatic carbocycles. The van der Waals surface area contributed by atoms with Crippen LogP contribution in [0.2, 0.25) is 0 Å². The third-order valence-electron chi connectivity index (χ3n) is 3.96. The second kappa shape index (κ2) is 8.03. The smallest absolute Gasteiger partial charge is 0.256 e. The first-order valence-electron chi connectivity index (χ1n) is 8.10. The molecule has 1 aromatic heterocycles. The highest BCUT2D eigenvalue weighted by Gasteiger charge is 2.13. The van der Waals surface area contributed by atoms with E-state index in [9.17, 15) is 18.0 Å². The minimum atomic E-state index is -1.25. The molecule has 1 N–H and O–H groups in total. The second-order valence-electron chi connectivity index (χ2n) is 5.81. The van der Waals surface area contributed by atoms with E-state index < -0.39 is 23.4 Å². The molecule has 0 saturated carbocycles. The normalized spacial score (nSPS) is 10.6. The number of anilines is 1. The van der Waals surface area contributed by atoms with Gasteiger partial charge < -0.3 is 19.4 Å². The zero-order valence-corrected chi connectivity index (χ0v) is 15.0. The second-order valence-corrected chi connectivity index (χ2v) is 5.81. The summed E-state index contributed by atoms with van der Waals surface area (Å²) >= 11 is 0. The van der Waals surface area contributed by atoms with Crippen molar-refractivity contribution in [2.24, 2.45) is 0 Å². The number of nitrogens with one attached hydrogen (secondary N) is 1. The quantitative estimate of drug-likeness (QED) is 0.652. The number of nitrogens with zero attached hydrogens (tertiary/aromatic N) is 2. The van der Waals surface area contributed by atoms with Gasteiger partial charge in [0.2, 0.25) is 0 Å². The van der Waals surface area contributed by atoms with Crippen molar-refractivity contribution >= 4 is 11.7 Å². The summed E-state index contributed by atoms with van der Waals surface area (Å²) in [7, 11) is 2.94. The molecule has 0 unspecified atom stereocenters. The van der Waals surface area contributed by atoms with Gasteiger partial charge in [0.05, 0.1) is 27.1 Å². The van der Waals surface area contributed by atoms with Crippen molar-refractivity contribution in [3.05, 3.63) is 71.4 Å². The monoisotopic (exact) mass is 391 g/mol. The third kappa shape index (κ3) is 4.08. The molecule has 0 atom stereocenters. The Morgan fingerprint density at radius 1 is 1.04 bits per heavy atom. The molecule has 3 rings (SSSR count). The molecule has 146 valence electrons. The molecule has 0 saturated heterocycles. The Kier molecular flexibility index (Phi) is 5.53. The average Bonchev–Trinajstić information content (AvgIpc) is 3.12. The number of halogens is 3. The van der Waals surface area contributed by atoms with Crippen LogP contribution in [0.4, 0.5) is 19.0 Å². The van der Waals surface area contributed by atoms with E-state index in [0.29, 0.717) is 23.1 Å². The van der Waals surface area contributed by atoms with E-state index in [1.807, 2.05) is 0 Å². The molecular weight excluding hydrogens is 375 g/mol. The first-order chi connectivity index (χ1) is 13.4. The topological polar surface area (TPSA) is 65.4 Å². The van der Waals surface area contributed by atoms with Crippen LogP contribution in [0.3, 0.4) is 0 Å². The number of aromatic nitrogens is 2. The summed E-state index contributed by atoms with van der Waals surface area (Å²) in [6.45, 7) is -0.0811. The number of rotatable bonds is 6. The molecule has 1 heterocycles. The van der Waals surface area contributed by atoms with Crippen LogP contribution >= 0.6 is 0 Å². The molecule has 0 aliphatic heterocycles. The molecule has 0 aliphatic rings. The number of hydrogen-bond acceptors (Lipinski definition) is 4. The zero-order valence-electron chi connectivity index (χ0n) is 15.0. The standard InChI is InChI=1S/C19H16F3N3O3/c1-27-16-4-3-11(6-17(16)28-2)19(26)24-18-9-25(10-23-18)8-12-5-14(21)15(22)7-13(12)20/h3-7,9-10H,8H2,1-2H3,(H,24,26). The fourth-order valence-corrected chi connectivity index (χ4v) is 2.56. The SMILES string of the molecule is COc1ccc(C(=O)Nc2cn(Cc3cc(F)c(F)cc3F)cn2)cc1OC. The molecule has 1 amide bonds. The van der Waals surface area contributed by atoms with Crippen LogP contribution in [-0.4, -0.2) is 29.7 Å². The summed E-state index contributed by atoms with van der Waals surface area (Å²) in [5.41, 5.74) is 0.271. The predicted octanol–water partition coefficient (Wildman–Crippen LogP) is 3.62. The van der Waals surface area contributed by atoms with Crippen LogP contribution in [0.15, 0.2) is 42.9 Å². The molecule has 3 aromatic rings. The van der Waals surface area contributed by atoms with Crippen LogP contribution in [0, 0.1) is 17.5 Å². The van der Waals surface area contributed by atoms with Crippen molar-refractivity contribution in [1.82, 2.24) is 9.55 Å². The summed E-state index contributed by atoms with van der Waals surface area (Å²) in [5, 5.41) is 2.59. The van der Waals surface area contributed by atoms with E-state index in [2.05, 4.69) is 10.3 Å². The minimum absolute atomic E-state index is 0.0472. The maximum absolute atomic E-state index is 13.8. The van der Waals surface area contributed by atoms with Crippen molar-refractivity contribution < 1.29 is 27.4 Å². The van der Waals surface area contributed by atoms with E-state index in [1.54, 1.807) is 12.1 Å². The first kappa shape index (κ1) is 19.3. The van der Waals surface area contributed by atoms with Gasteiger partial charge in [0.25, 0.3) is 5.91 Å². The van der Waals surface area contributed by atoms with Gasteiger partial charge in [-0.15, -0.1) is 0 Å². The van der Waals surface area contributed by atoms with E-state index >= 15 is 0 Å². The third-order valence-corrected chi connectivity index (χ3v) is 3.96. The molecule has 0 bridgehead atoms. The Morgan fingerprint density at radius 3 is 2.46 bits per heavy atom. The number of hydrogen-bond donors (Lipinski definition) is 1. The lowest BCUT2D eigenvalue weighted by Crippen LogP contribution is -2.12. The largest absolute Gasteiger partial charge is 0.493 e. The lowest BCUT2D eigenvalue weighted by Gasteiger charge is -2.09. The average molecular weight is 391 g/mol. The summed E-state index contributed by atoms with van der Waals surface area (Å²) in [5.74, 6) is -2.61. The fourth-order valence-electron chi connectivity index (χ4n) is 2.56. The van der Waals surface area contributed by atoms with Crippen molar-refractivity contribution in [1.29, 1.82) is 0 Å². The Balaban J connectivity index is 1.72. The number of amides is 1. The van der Waals surface area contributed by atoms with Gasteiger partial charge in [0, 0.05) is 23.4 Å². The van der Waals surface area contributed by atoms with Gasteiger partial charge in [-0.05, 0) is 24.3 Å². The van der Waals surface area contributed by atoms with Crippen molar-refractivity contribution in [2.45, 2.75) is 6.54 Å². The number of benzene rings is 2. The van der Waals surface area contributed by atoms with Crippen LogP contribution in [0.1, 0.15) is 15.9 Å². The zero-order chi connectivity index (χ0) is 20.3. The van der Waals surface area contributed by atoms with Crippen LogP contribution < -0.4 is 14.8 Å². The van der Waals surface area contributed by atoms with Crippen LogP contribution in [0.25, 0.3) is 0 Å². The highest BCUT2D eigenvalue weighted by molar-refractivity contribution is 6.04. The number of ether oxygens (including phenoxy) is 2. The fraction of sp³-hybridized carbons (Fsp3) is 0.158. The lowest BCUT2D eigenvalue weighted by atomic mass is 10.2. The van der Waals surface area contributed by atoms with Crippen molar-refractivity contribution in [2.75, 3.05) is 19.5 Å². The Hall–Kier alpha value is -3.49. The van der Waals surface area contributed by atoms with Crippen LogP contribution in [-0.2, 0) is 6.54 Å². The molecular formula is C19H16F3N3O3. The van der Waals surface area contributed by atoms with Gasteiger partial charge in [0.15, 0.2) is 29.0 Å². The Labute approximate surface area is 158 Å². The maximum atomic E-state index is 13.8. The molecule has 6 nitrogen and oxygen atoms in total. The van der Waals surface area contributed by atoms with E-state index in [4.69, 9.17) is 9.47 Å². The highest BCUT2D eigenvalue weighted by Crippen LogP contribution is 2.27. The molecule has 0 radical (unpaired) electrons. The van der Waals surface area contributed by atoms with E-state index in [-0.39, 0.29) is 17.9 Å². The maximum Gasteiger partial charge on any atom is 0.256 e. The minimum Gasteiger partial charge on any atom is -0.493 e. The Bertz CT molecular complexity index is 1020. The number of carbonyl (C=O) groups is 1. The van der Waals surface area contributed by atoms with Gasteiger partial charge in [0.1, 0.15) is 5.82 Å². The molecule has 0 fully saturated rings. The molecule has 9 heteroatoms. The predicted molar refractivity (Wildman–Crippen MR) is 95.1 cm³/mol. The van der Waals surface area contributed by atoms with E-state index in [0.717, 1.165) is 6.07 Å². The summed E-state index contributed by atoms with van der Waals surface area (Å²) in [4.78, 5) is 16.4. The van der Waals surface area contributed by atoms with Crippen molar-refractivity contribution in [3.63, 3.8) is 0 Å². The highest BCUT2D eigenvalue weighted by atomic mass is 19.2. The van der Waals surface area contributed by atoms with Gasteiger partial charge in [-0.1, -0.05) is 0 Å². The van der Waals surface area contributed by atoms with Crippen molar-refractivity contribution in [3.8, 4) is 11.5 Å². The Morgan fingerprint density at radius 2 is 1.75 bits per heavy atom. The van der Waals surface area contributed by atoms with Gasteiger partial charge >= 0.3 is 0 Å². The van der Waals surface area contributed by atoms with Gasteiger partial charge in [-0.2, -0.15) is 0 Å². The molecule has 0 spiro atoms. The lowest BCUT2D eigenvalue weighted by molar-refractivity contribution is 0.102. The summed E-state index contributed by atoms with van der Waals surface area (Å²) in [6.07, 6.45) is 2.78. The van der Waals surface area contributed by atoms with E-state index in [1.165, 1.54) is 37.4 Å². The van der Waals surface area contributed by atoms with Gasteiger partial charge in [-0.25, -0.2) is 18.2 Å². The van der Waals surface area contributed by atoms with Gasteiger partial charge in [-0.3, -0.25) is 4.79 Å². The summed E-state index contributed by atoms with van der Waals surface area (Å²) in [6, 6.07) is 5.94. The van der Waals surface area contributed by atoms with Crippen LogP contribution in [0.5, 0.6) is 11.5 Å². The number of methoxy groups -OCH3 is 2. The number of imidazole rings is 1.